The molecule has 1 amide bonds. The Morgan fingerprint density at radius 3 is 2.84 bits per heavy atom. The molecule has 0 aliphatic heterocycles. The van der Waals surface area contributed by atoms with Crippen molar-refractivity contribution in [1.82, 2.24) is 4.98 Å². The van der Waals surface area contributed by atoms with Gasteiger partial charge in [0.25, 0.3) is 0 Å². The fourth-order valence-corrected chi connectivity index (χ4v) is 1.47. The van der Waals surface area contributed by atoms with Gasteiger partial charge in [-0.05, 0) is 35.9 Å². The zero-order valence-electron chi connectivity index (χ0n) is 10.0. The SMILES string of the molecule is Nc1cccc(/C=C/C(=O)Nc2ccc(F)nc2)c1. The molecule has 0 atom stereocenters. The van der Waals surface area contributed by atoms with E-state index in [0.717, 1.165) is 5.56 Å². The quantitative estimate of drug-likeness (QED) is 0.504. The molecule has 5 heteroatoms. The highest BCUT2D eigenvalue weighted by molar-refractivity contribution is 6.01. The molecule has 0 bridgehead atoms. The van der Waals surface area contributed by atoms with Gasteiger partial charge in [-0.2, -0.15) is 4.39 Å². The van der Waals surface area contributed by atoms with Gasteiger partial charge in [-0.3, -0.25) is 4.79 Å². The summed E-state index contributed by atoms with van der Waals surface area (Å²) in [7, 11) is 0. The molecule has 1 aromatic heterocycles. The van der Waals surface area contributed by atoms with Gasteiger partial charge >= 0.3 is 0 Å². The molecular formula is C14H12FN3O. The zero-order chi connectivity index (χ0) is 13.7. The van der Waals surface area contributed by atoms with Crippen molar-refractivity contribution >= 4 is 23.4 Å². The Kier molecular flexibility index (Phi) is 3.87. The zero-order valence-corrected chi connectivity index (χ0v) is 10.0. The number of carbonyl (C=O) groups is 1. The van der Waals surface area contributed by atoms with Crippen molar-refractivity contribution in [2.24, 2.45) is 0 Å². The number of nitrogens with one attached hydrogen (secondary N) is 1. The molecule has 1 aromatic carbocycles. The van der Waals surface area contributed by atoms with Gasteiger partial charge in [0.1, 0.15) is 0 Å². The maximum atomic E-state index is 12.6. The number of halogens is 1. The summed E-state index contributed by atoms with van der Waals surface area (Å²) in [6.45, 7) is 0. The number of nitrogens with zero attached hydrogens (tertiary/aromatic N) is 1. The third kappa shape index (κ3) is 3.92. The van der Waals surface area contributed by atoms with Gasteiger partial charge in [0.2, 0.25) is 11.9 Å². The number of nitrogens with two attached hydrogens (primary N) is 1. The second kappa shape index (κ2) is 5.77. The third-order valence-corrected chi connectivity index (χ3v) is 2.33. The van der Waals surface area contributed by atoms with Crippen molar-refractivity contribution in [2.75, 3.05) is 11.1 Å². The van der Waals surface area contributed by atoms with Crippen LogP contribution in [0.2, 0.25) is 0 Å². The van der Waals surface area contributed by atoms with Crippen LogP contribution in [0.25, 0.3) is 6.08 Å². The van der Waals surface area contributed by atoms with Gasteiger partial charge in [-0.1, -0.05) is 12.1 Å². The number of amides is 1. The first kappa shape index (κ1) is 12.8. The normalized spacial score (nSPS) is 10.6. The second-order valence-electron chi connectivity index (χ2n) is 3.86. The van der Waals surface area contributed by atoms with Crippen LogP contribution in [0, 0.1) is 5.95 Å². The lowest BCUT2D eigenvalue weighted by Gasteiger charge is -2.00. The highest BCUT2D eigenvalue weighted by Gasteiger charge is 1.98. The Morgan fingerprint density at radius 2 is 2.16 bits per heavy atom. The first-order valence-electron chi connectivity index (χ1n) is 5.59. The van der Waals surface area contributed by atoms with Crippen molar-refractivity contribution < 1.29 is 9.18 Å². The molecule has 0 aliphatic carbocycles. The molecule has 3 N–H and O–H groups in total. The number of aromatic nitrogens is 1. The summed E-state index contributed by atoms with van der Waals surface area (Å²) in [6.07, 6.45) is 4.27. The summed E-state index contributed by atoms with van der Waals surface area (Å²) in [5, 5.41) is 2.57. The van der Waals surface area contributed by atoms with Crippen LogP contribution >= 0.6 is 0 Å². The molecule has 0 spiro atoms. The highest BCUT2D eigenvalue weighted by atomic mass is 19.1. The Labute approximate surface area is 109 Å². The van der Waals surface area contributed by atoms with Crippen molar-refractivity contribution in [2.45, 2.75) is 0 Å². The largest absolute Gasteiger partial charge is 0.399 e. The highest BCUT2D eigenvalue weighted by Crippen LogP contribution is 2.09. The first-order valence-corrected chi connectivity index (χ1v) is 5.59. The molecular weight excluding hydrogens is 245 g/mol. The number of benzene rings is 1. The van der Waals surface area contributed by atoms with Crippen LogP contribution in [-0.4, -0.2) is 10.9 Å². The lowest BCUT2D eigenvalue weighted by Crippen LogP contribution is -2.08. The van der Waals surface area contributed by atoms with Crippen LogP contribution in [0.15, 0.2) is 48.7 Å². The van der Waals surface area contributed by atoms with Crippen molar-refractivity contribution in [3.63, 3.8) is 0 Å². The number of nitrogen functional groups attached to an aromatic ring is 1. The van der Waals surface area contributed by atoms with Gasteiger partial charge in [-0.15, -0.1) is 0 Å². The average Bonchev–Trinajstić information content (AvgIpc) is 2.39. The Balaban J connectivity index is 1.99. The molecule has 0 saturated heterocycles. The molecule has 0 unspecified atom stereocenters. The predicted octanol–water partition coefficient (Wildman–Crippen LogP) is 2.45. The molecule has 0 aliphatic rings. The van der Waals surface area contributed by atoms with Crippen molar-refractivity contribution in [1.29, 1.82) is 0 Å². The minimum Gasteiger partial charge on any atom is -0.399 e. The number of anilines is 2. The van der Waals surface area contributed by atoms with E-state index in [1.165, 1.54) is 24.4 Å². The van der Waals surface area contributed by atoms with Gasteiger partial charge in [0, 0.05) is 11.8 Å². The van der Waals surface area contributed by atoms with Gasteiger partial charge < -0.3 is 11.1 Å². The van der Waals surface area contributed by atoms with Gasteiger partial charge in [0.05, 0.1) is 11.9 Å². The maximum absolute atomic E-state index is 12.6. The van der Waals surface area contributed by atoms with E-state index in [2.05, 4.69) is 10.3 Å². The van der Waals surface area contributed by atoms with Crippen molar-refractivity contribution in [3.8, 4) is 0 Å². The maximum Gasteiger partial charge on any atom is 0.248 e. The van der Waals surface area contributed by atoms with E-state index in [1.54, 1.807) is 24.3 Å². The van der Waals surface area contributed by atoms with Crippen LogP contribution < -0.4 is 11.1 Å². The summed E-state index contributed by atoms with van der Waals surface area (Å²) in [6, 6.07) is 9.77. The van der Waals surface area contributed by atoms with Crippen LogP contribution in [0.1, 0.15) is 5.56 Å². The second-order valence-corrected chi connectivity index (χ2v) is 3.86. The molecule has 96 valence electrons. The summed E-state index contributed by atoms with van der Waals surface area (Å²) in [5.41, 5.74) is 7.51. The van der Waals surface area contributed by atoms with E-state index >= 15 is 0 Å². The molecule has 0 fully saturated rings. The molecule has 2 aromatic rings. The van der Waals surface area contributed by atoms with Crippen LogP contribution in [0.5, 0.6) is 0 Å². The monoisotopic (exact) mass is 257 g/mol. The molecule has 19 heavy (non-hydrogen) atoms. The minimum absolute atomic E-state index is 0.323. The Bertz CT molecular complexity index is 608. The van der Waals surface area contributed by atoms with E-state index in [4.69, 9.17) is 5.73 Å². The lowest BCUT2D eigenvalue weighted by atomic mass is 10.2. The summed E-state index contributed by atoms with van der Waals surface area (Å²) < 4.78 is 12.6. The molecule has 0 radical (unpaired) electrons. The van der Waals surface area contributed by atoms with Crippen LogP contribution in [-0.2, 0) is 4.79 Å². The number of rotatable bonds is 3. The number of carbonyl (C=O) groups excluding carboxylic acids is 1. The topological polar surface area (TPSA) is 68.0 Å². The van der Waals surface area contributed by atoms with Crippen LogP contribution in [0.4, 0.5) is 15.8 Å². The van der Waals surface area contributed by atoms with Crippen LogP contribution in [0.3, 0.4) is 0 Å². The van der Waals surface area contributed by atoms with E-state index in [-0.39, 0.29) is 5.91 Å². The Morgan fingerprint density at radius 1 is 1.32 bits per heavy atom. The first-order chi connectivity index (χ1) is 9.13. The molecule has 0 saturated carbocycles. The summed E-state index contributed by atoms with van der Waals surface area (Å²) in [5.74, 6) is -0.913. The average molecular weight is 257 g/mol. The summed E-state index contributed by atoms with van der Waals surface area (Å²) in [4.78, 5) is 15.0. The number of pyridine rings is 1. The molecule has 1 heterocycles. The lowest BCUT2D eigenvalue weighted by molar-refractivity contribution is -0.111. The van der Waals surface area contributed by atoms with E-state index in [9.17, 15) is 9.18 Å². The van der Waals surface area contributed by atoms with Crippen molar-refractivity contribution in [3.05, 3.63) is 60.2 Å². The molecule has 2 rings (SSSR count). The minimum atomic E-state index is -0.590. The van der Waals surface area contributed by atoms with E-state index in [1.807, 2.05) is 6.07 Å². The fourth-order valence-electron chi connectivity index (χ4n) is 1.47. The van der Waals surface area contributed by atoms with E-state index in [0.29, 0.717) is 11.4 Å². The van der Waals surface area contributed by atoms with Gasteiger partial charge in [-0.25, -0.2) is 4.98 Å². The Hall–Kier alpha value is -2.69. The standard InChI is InChI=1S/C14H12FN3O/c15-13-6-5-12(9-17-13)18-14(19)7-4-10-2-1-3-11(16)8-10/h1-9H,16H2,(H,18,19)/b7-4+. The predicted molar refractivity (Wildman–Crippen MR) is 72.7 cm³/mol. The third-order valence-electron chi connectivity index (χ3n) is 2.33. The number of hydrogen-bond donors (Lipinski definition) is 2. The smallest absolute Gasteiger partial charge is 0.248 e. The molecule has 4 nitrogen and oxygen atoms in total. The number of hydrogen-bond acceptors (Lipinski definition) is 3. The van der Waals surface area contributed by atoms with E-state index < -0.39 is 5.95 Å². The summed E-state index contributed by atoms with van der Waals surface area (Å²) >= 11 is 0. The van der Waals surface area contributed by atoms with Gasteiger partial charge in [0.15, 0.2) is 0 Å². The fraction of sp³-hybridized carbons (Fsp3) is 0.